The van der Waals surface area contributed by atoms with Gasteiger partial charge in [-0.2, -0.15) is 0 Å². The molecule has 0 aromatic heterocycles. The topological polar surface area (TPSA) is 35.5 Å². The maximum Gasteiger partial charge on any atom is 0.306 e. The van der Waals surface area contributed by atoms with Crippen molar-refractivity contribution >= 4 is 5.97 Å². The molecule has 124 valence electrons. The van der Waals surface area contributed by atoms with Crippen molar-refractivity contribution in [1.82, 2.24) is 0 Å². The van der Waals surface area contributed by atoms with Crippen molar-refractivity contribution in [3.8, 4) is 0 Å². The van der Waals surface area contributed by atoms with Crippen LogP contribution in [0.3, 0.4) is 0 Å². The van der Waals surface area contributed by atoms with Gasteiger partial charge < -0.3 is 9.47 Å². The van der Waals surface area contributed by atoms with Crippen molar-refractivity contribution in [2.75, 3.05) is 13.7 Å². The van der Waals surface area contributed by atoms with Crippen LogP contribution >= 0.6 is 0 Å². The summed E-state index contributed by atoms with van der Waals surface area (Å²) < 4.78 is 10.6. The van der Waals surface area contributed by atoms with E-state index in [4.69, 9.17) is 9.47 Å². The first-order valence-electron chi connectivity index (χ1n) is 8.67. The molecule has 2 aliphatic carbocycles. The Morgan fingerprint density at radius 3 is 3.13 bits per heavy atom. The summed E-state index contributed by atoms with van der Waals surface area (Å²) in [4.78, 5) is 11.4. The van der Waals surface area contributed by atoms with Crippen LogP contribution in [-0.4, -0.2) is 25.8 Å². The largest absolute Gasteiger partial charge is 0.462 e. The Morgan fingerprint density at radius 1 is 1.35 bits per heavy atom. The Balaban J connectivity index is 1.48. The number of hydrogen-bond donors (Lipinski definition) is 0. The SMILES string of the molecule is COCC1=CC(CC/C=C/[C@H]2CC[C@@H]3OC(=O)C[C@@H]32)=CCC=C1. The summed E-state index contributed by atoms with van der Waals surface area (Å²) >= 11 is 0. The zero-order chi connectivity index (χ0) is 16.1. The summed E-state index contributed by atoms with van der Waals surface area (Å²) in [5, 5.41) is 0. The highest BCUT2D eigenvalue weighted by Crippen LogP contribution is 2.41. The van der Waals surface area contributed by atoms with Crippen LogP contribution in [0.15, 0.2) is 47.6 Å². The van der Waals surface area contributed by atoms with Crippen LogP contribution in [0.1, 0.15) is 38.5 Å². The summed E-state index contributed by atoms with van der Waals surface area (Å²) in [7, 11) is 1.73. The number of carbonyl (C=O) groups is 1. The maximum atomic E-state index is 11.4. The van der Waals surface area contributed by atoms with E-state index < -0.39 is 0 Å². The maximum absolute atomic E-state index is 11.4. The van der Waals surface area contributed by atoms with Crippen molar-refractivity contribution in [3.05, 3.63) is 47.6 Å². The third kappa shape index (κ3) is 4.23. The molecule has 0 spiro atoms. The molecule has 0 radical (unpaired) electrons. The van der Waals surface area contributed by atoms with Gasteiger partial charge in [-0.15, -0.1) is 0 Å². The van der Waals surface area contributed by atoms with Crippen LogP contribution in [0, 0.1) is 11.8 Å². The number of carbonyl (C=O) groups excluding carboxylic acids is 1. The quantitative estimate of drug-likeness (QED) is 0.546. The summed E-state index contributed by atoms with van der Waals surface area (Å²) in [5.41, 5.74) is 2.62. The van der Waals surface area contributed by atoms with E-state index in [1.165, 1.54) is 11.1 Å². The monoisotopic (exact) mass is 314 g/mol. The lowest BCUT2D eigenvalue weighted by molar-refractivity contribution is -0.141. The van der Waals surface area contributed by atoms with Crippen molar-refractivity contribution < 1.29 is 14.3 Å². The van der Waals surface area contributed by atoms with Gasteiger partial charge in [0.25, 0.3) is 0 Å². The zero-order valence-corrected chi connectivity index (χ0v) is 13.9. The minimum Gasteiger partial charge on any atom is -0.462 e. The van der Waals surface area contributed by atoms with Gasteiger partial charge in [-0.3, -0.25) is 4.79 Å². The number of hydrogen-bond acceptors (Lipinski definition) is 3. The Bertz CT molecular complexity index is 553. The van der Waals surface area contributed by atoms with E-state index >= 15 is 0 Å². The first kappa shape index (κ1) is 16.3. The molecule has 0 unspecified atom stereocenters. The van der Waals surface area contributed by atoms with E-state index in [1.54, 1.807) is 7.11 Å². The third-order valence-electron chi connectivity index (χ3n) is 5.01. The molecule has 0 aromatic rings. The Hall–Kier alpha value is -1.61. The van der Waals surface area contributed by atoms with E-state index in [0.29, 0.717) is 24.9 Å². The van der Waals surface area contributed by atoms with Gasteiger partial charge in [0.05, 0.1) is 13.0 Å². The molecule has 0 N–H and O–H groups in total. The molecule has 3 heteroatoms. The lowest BCUT2D eigenvalue weighted by Gasteiger charge is -2.11. The van der Waals surface area contributed by atoms with Crippen LogP contribution in [0.4, 0.5) is 0 Å². The summed E-state index contributed by atoms with van der Waals surface area (Å²) in [6, 6.07) is 0. The van der Waals surface area contributed by atoms with Gasteiger partial charge in [0.1, 0.15) is 6.10 Å². The molecule has 3 rings (SSSR count). The number of esters is 1. The van der Waals surface area contributed by atoms with Crippen LogP contribution < -0.4 is 0 Å². The van der Waals surface area contributed by atoms with Gasteiger partial charge in [-0.25, -0.2) is 0 Å². The van der Waals surface area contributed by atoms with Crippen molar-refractivity contribution in [2.45, 2.75) is 44.6 Å². The predicted molar refractivity (Wildman–Crippen MR) is 90.9 cm³/mol. The zero-order valence-electron chi connectivity index (χ0n) is 13.9. The number of fused-ring (bicyclic) bond motifs is 1. The summed E-state index contributed by atoms with van der Waals surface area (Å²) in [6.45, 7) is 0.669. The molecule has 1 heterocycles. The summed E-state index contributed by atoms with van der Waals surface area (Å²) in [6.07, 6.45) is 19.6. The highest BCUT2D eigenvalue weighted by Gasteiger charge is 2.43. The second-order valence-corrected chi connectivity index (χ2v) is 6.67. The molecule has 23 heavy (non-hydrogen) atoms. The molecular weight excluding hydrogens is 288 g/mol. The summed E-state index contributed by atoms with van der Waals surface area (Å²) in [5.74, 6) is 0.939. The van der Waals surface area contributed by atoms with Crippen molar-refractivity contribution in [1.29, 1.82) is 0 Å². The molecule has 1 saturated carbocycles. The first-order valence-corrected chi connectivity index (χ1v) is 8.67. The van der Waals surface area contributed by atoms with Crippen molar-refractivity contribution in [2.24, 2.45) is 11.8 Å². The minimum absolute atomic E-state index is 0.00924. The average Bonchev–Trinajstić information content (AvgIpc) is 2.98. The van der Waals surface area contributed by atoms with Crippen LogP contribution in [0.2, 0.25) is 0 Å². The van der Waals surface area contributed by atoms with E-state index in [9.17, 15) is 4.79 Å². The number of allylic oxidation sites excluding steroid dienone is 6. The molecule has 2 fully saturated rings. The average molecular weight is 314 g/mol. The standard InChI is InChI=1S/C20H26O3/c1-22-14-16-8-3-2-6-15(12-16)7-4-5-9-17-10-11-19-18(17)13-20(21)23-19/h3,5-6,8-9,12,17-19H,2,4,7,10-11,13-14H2,1H3/b9-5+/t17-,18+,19-/m0/s1. The molecule has 3 atom stereocenters. The smallest absolute Gasteiger partial charge is 0.306 e. The predicted octanol–water partition coefficient (Wildman–Crippen LogP) is 4.12. The van der Waals surface area contributed by atoms with Crippen LogP contribution in [0.5, 0.6) is 0 Å². The molecule has 0 amide bonds. The van der Waals surface area contributed by atoms with Gasteiger partial charge in [-0.05, 0) is 43.6 Å². The normalized spacial score (nSPS) is 30.1. The van der Waals surface area contributed by atoms with Crippen molar-refractivity contribution in [3.63, 3.8) is 0 Å². The van der Waals surface area contributed by atoms with E-state index in [0.717, 1.165) is 32.1 Å². The van der Waals surface area contributed by atoms with Gasteiger partial charge in [0.2, 0.25) is 0 Å². The van der Waals surface area contributed by atoms with E-state index in [1.807, 2.05) is 0 Å². The molecule has 0 bridgehead atoms. The fourth-order valence-corrected chi connectivity index (χ4v) is 3.87. The van der Waals surface area contributed by atoms with Gasteiger partial charge >= 0.3 is 5.97 Å². The first-order chi connectivity index (χ1) is 11.3. The highest BCUT2D eigenvalue weighted by molar-refractivity contribution is 5.72. The molecule has 3 aliphatic rings. The number of rotatable bonds is 6. The highest BCUT2D eigenvalue weighted by atomic mass is 16.6. The molecule has 0 aromatic carbocycles. The van der Waals surface area contributed by atoms with E-state index in [-0.39, 0.29) is 12.1 Å². The Kier molecular flexibility index (Phi) is 5.50. The number of ether oxygens (including phenoxy) is 2. The Labute approximate surface area is 138 Å². The number of methoxy groups -OCH3 is 1. The van der Waals surface area contributed by atoms with E-state index in [2.05, 4.69) is 36.5 Å². The van der Waals surface area contributed by atoms with Crippen LogP contribution in [0.25, 0.3) is 0 Å². The molecule has 1 aliphatic heterocycles. The Morgan fingerprint density at radius 2 is 2.26 bits per heavy atom. The molecule has 1 saturated heterocycles. The second-order valence-electron chi connectivity index (χ2n) is 6.67. The second kappa shape index (κ2) is 7.78. The van der Waals surface area contributed by atoms with Gasteiger partial charge in [0, 0.05) is 13.0 Å². The lowest BCUT2D eigenvalue weighted by atomic mass is 9.92. The third-order valence-corrected chi connectivity index (χ3v) is 5.01. The molecule has 3 nitrogen and oxygen atoms in total. The van der Waals surface area contributed by atoms with Gasteiger partial charge in [-0.1, -0.05) is 42.0 Å². The minimum atomic E-state index is -0.00924. The fraction of sp³-hybridized carbons (Fsp3) is 0.550. The fourth-order valence-electron chi connectivity index (χ4n) is 3.87. The lowest BCUT2D eigenvalue weighted by Crippen LogP contribution is -2.11. The molecular formula is C20H26O3. The van der Waals surface area contributed by atoms with Crippen LogP contribution in [-0.2, 0) is 14.3 Å². The van der Waals surface area contributed by atoms with Gasteiger partial charge in [0.15, 0.2) is 0 Å².